The van der Waals surface area contributed by atoms with Crippen LogP contribution in [0.2, 0.25) is 0 Å². The molecule has 29 heavy (non-hydrogen) atoms. The molecule has 16 heteroatoms. The normalized spacial score (nSPS) is 18.6. The van der Waals surface area contributed by atoms with E-state index in [1.54, 1.807) is 0 Å². The molecule has 1 fully saturated rings. The van der Waals surface area contributed by atoms with Crippen molar-refractivity contribution in [1.82, 2.24) is 5.32 Å². The van der Waals surface area contributed by atoms with Crippen molar-refractivity contribution >= 4 is 5.91 Å². The molecule has 1 aliphatic heterocycles. The maximum Gasteiger partial charge on any atom is 0.446 e. The average Bonchev–Trinajstić information content (AvgIpc) is 2.39. The molecule has 4 nitrogen and oxygen atoms in total. The van der Waals surface area contributed by atoms with Gasteiger partial charge in [-0.2, -0.15) is 52.7 Å². The van der Waals surface area contributed by atoms with E-state index in [0.717, 1.165) is 0 Å². The first-order valence-electron chi connectivity index (χ1n) is 7.53. The third-order valence-electron chi connectivity index (χ3n) is 4.18. The summed E-state index contributed by atoms with van der Waals surface area (Å²) in [7, 11) is 0. The number of amides is 1. The van der Waals surface area contributed by atoms with Gasteiger partial charge in [0, 0.05) is 5.41 Å². The van der Waals surface area contributed by atoms with Gasteiger partial charge in [0.1, 0.15) is 0 Å². The summed E-state index contributed by atoms with van der Waals surface area (Å²) in [5, 5.41) is -0.223. The first-order chi connectivity index (χ1) is 12.7. The lowest BCUT2D eigenvalue weighted by Crippen LogP contribution is -2.71. The van der Waals surface area contributed by atoms with Crippen LogP contribution in [0.3, 0.4) is 0 Å². The molecule has 0 radical (unpaired) electrons. The maximum atomic E-state index is 13.2. The zero-order valence-electron chi connectivity index (χ0n) is 14.2. The van der Waals surface area contributed by atoms with Gasteiger partial charge >= 0.3 is 30.4 Å². The molecule has 1 rings (SSSR count). The van der Waals surface area contributed by atoms with Crippen molar-refractivity contribution in [1.29, 1.82) is 0 Å². The first-order valence-corrected chi connectivity index (χ1v) is 7.53. The summed E-state index contributed by atoms with van der Waals surface area (Å²) < 4.78 is 163. The Balaban J connectivity index is 3.38. The van der Waals surface area contributed by atoms with E-state index in [0.29, 0.717) is 0 Å². The van der Waals surface area contributed by atoms with E-state index >= 15 is 0 Å². The number of rotatable bonds is 6. The number of nitrogens with one attached hydrogen (secondary N) is 1. The van der Waals surface area contributed by atoms with Gasteiger partial charge in [-0.15, -0.1) is 0 Å². The van der Waals surface area contributed by atoms with Crippen molar-refractivity contribution in [3.63, 3.8) is 0 Å². The monoisotopic (exact) mass is 459 g/mol. The van der Waals surface area contributed by atoms with E-state index in [2.05, 4.69) is 9.47 Å². The largest absolute Gasteiger partial charge is 0.446 e. The van der Waals surface area contributed by atoms with E-state index in [-0.39, 0.29) is 25.0 Å². The number of hydrogen-bond donors (Lipinski definition) is 1. The van der Waals surface area contributed by atoms with E-state index in [9.17, 15) is 57.5 Å². The van der Waals surface area contributed by atoms with Gasteiger partial charge in [0.05, 0.1) is 19.8 Å². The Morgan fingerprint density at radius 1 is 0.931 bits per heavy atom. The van der Waals surface area contributed by atoms with Gasteiger partial charge in [-0.1, -0.05) is 6.92 Å². The highest BCUT2D eigenvalue weighted by Crippen LogP contribution is 2.47. The molecule has 0 atom stereocenters. The summed E-state index contributed by atoms with van der Waals surface area (Å²) >= 11 is 0. The predicted molar refractivity (Wildman–Crippen MR) is 68.1 cm³/mol. The minimum absolute atomic E-state index is 0.0829. The molecule has 172 valence electrons. The van der Waals surface area contributed by atoms with Gasteiger partial charge in [0.2, 0.25) is 11.8 Å². The van der Waals surface area contributed by atoms with Gasteiger partial charge in [-0.25, -0.2) is 0 Å². The molecule has 0 saturated carbocycles. The summed E-state index contributed by atoms with van der Waals surface area (Å²) in [6.07, 6.45) is -26.4. The van der Waals surface area contributed by atoms with Crippen molar-refractivity contribution in [2.75, 3.05) is 19.8 Å². The number of carbonyl (C=O) groups excluding carboxylic acids is 1. The van der Waals surface area contributed by atoms with E-state index in [4.69, 9.17) is 0 Å². The Morgan fingerprint density at radius 3 is 1.59 bits per heavy atom. The van der Waals surface area contributed by atoms with Crippen LogP contribution in [0.4, 0.5) is 52.7 Å². The number of carbonyl (C=O) groups is 1. The smallest absolute Gasteiger partial charge is 0.380 e. The van der Waals surface area contributed by atoms with E-state index in [1.165, 1.54) is 6.92 Å². The maximum absolute atomic E-state index is 13.2. The van der Waals surface area contributed by atoms with Crippen LogP contribution in [-0.4, -0.2) is 56.2 Å². The second-order valence-corrected chi connectivity index (χ2v) is 6.32. The molecule has 0 aromatic carbocycles. The number of hydrogen-bond acceptors (Lipinski definition) is 3. The molecule has 0 aromatic heterocycles. The molecule has 1 amide bonds. The van der Waals surface area contributed by atoms with Crippen LogP contribution in [0.25, 0.3) is 0 Å². The van der Waals surface area contributed by atoms with Crippen LogP contribution < -0.4 is 5.32 Å². The van der Waals surface area contributed by atoms with Gasteiger partial charge in [0.15, 0.2) is 0 Å². The number of halogens is 12. The second kappa shape index (κ2) is 7.67. The minimum Gasteiger partial charge on any atom is -0.380 e. The Kier molecular flexibility index (Phi) is 6.76. The van der Waals surface area contributed by atoms with Crippen molar-refractivity contribution < 1.29 is 67.0 Å². The Labute approximate surface area is 154 Å². The van der Waals surface area contributed by atoms with Crippen molar-refractivity contribution in [2.45, 2.75) is 43.8 Å². The number of ether oxygens (including phenoxy) is 2. The lowest BCUT2D eigenvalue weighted by Gasteiger charge is -2.45. The molecule has 1 saturated heterocycles. The molecule has 0 aliphatic carbocycles. The summed E-state index contributed by atoms with van der Waals surface area (Å²) in [6, 6.07) is 0. The van der Waals surface area contributed by atoms with Crippen LogP contribution in [0.15, 0.2) is 0 Å². The van der Waals surface area contributed by atoms with Gasteiger partial charge < -0.3 is 14.8 Å². The third kappa shape index (κ3) is 5.19. The van der Waals surface area contributed by atoms with Crippen molar-refractivity contribution in [2.24, 2.45) is 11.3 Å². The lowest BCUT2D eigenvalue weighted by atomic mass is 9.84. The van der Waals surface area contributed by atoms with Gasteiger partial charge in [-0.3, -0.25) is 4.79 Å². The molecular formula is C13H13F12NO3. The number of alkyl halides is 12. The topological polar surface area (TPSA) is 47.6 Å². The minimum atomic E-state index is -6.65. The van der Waals surface area contributed by atoms with Crippen LogP contribution in [0, 0.1) is 11.3 Å². The van der Waals surface area contributed by atoms with Crippen LogP contribution in [-0.2, 0) is 14.3 Å². The lowest BCUT2D eigenvalue weighted by molar-refractivity contribution is -0.398. The molecule has 0 aromatic rings. The molecular weight excluding hydrogens is 446 g/mol. The van der Waals surface area contributed by atoms with Gasteiger partial charge in [-0.05, 0) is 6.42 Å². The first kappa shape index (κ1) is 25.6. The molecule has 0 bridgehead atoms. The highest BCUT2D eigenvalue weighted by molar-refractivity contribution is 5.81. The van der Waals surface area contributed by atoms with Crippen LogP contribution in [0.1, 0.15) is 13.3 Å². The Morgan fingerprint density at radius 2 is 1.34 bits per heavy atom. The Hall–Kier alpha value is -1.45. The van der Waals surface area contributed by atoms with Crippen LogP contribution >= 0.6 is 0 Å². The van der Waals surface area contributed by atoms with Crippen molar-refractivity contribution in [3.05, 3.63) is 0 Å². The molecule has 1 heterocycles. The zero-order chi connectivity index (χ0) is 23.1. The molecule has 0 spiro atoms. The molecule has 1 aliphatic rings. The average molecular weight is 459 g/mol. The zero-order valence-corrected chi connectivity index (χ0v) is 14.2. The fourth-order valence-electron chi connectivity index (χ4n) is 2.27. The standard InChI is InChI=1S/C13H13F12NO3/c1-2-8(3-28-4-8)5-29-11(12(20,21)22,13(23,24)25)26-7(27)6(9(14,15)16)10(17,18)19/h6H,2-5H2,1H3,(H,26,27). The summed E-state index contributed by atoms with van der Waals surface area (Å²) in [5.41, 5.74) is -7.19. The van der Waals surface area contributed by atoms with Crippen LogP contribution in [0.5, 0.6) is 0 Å². The highest BCUT2D eigenvalue weighted by atomic mass is 19.4. The molecule has 1 N–H and O–H groups in total. The predicted octanol–water partition coefficient (Wildman–Crippen LogP) is 4.11. The molecule has 0 unspecified atom stereocenters. The van der Waals surface area contributed by atoms with E-state index in [1.807, 2.05) is 0 Å². The fraction of sp³-hybridized carbons (Fsp3) is 0.923. The quantitative estimate of drug-likeness (QED) is 0.481. The summed E-state index contributed by atoms with van der Waals surface area (Å²) in [4.78, 5) is 11.4. The van der Waals surface area contributed by atoms with Crippen molar-refractivity contribution in [3.8, 4) is 0 Å². The SMILES string of the molecule is CCC1(COC(NC(=O)C(C(F)(F)F)C(F)(F)F)(C(F)(F)F)C(F)(F)F)COC1. The third-order valence-corrected chi connectivity index (χ3v) is 4.18. The van der Waals surface area contributed by atoms with Gasteiger partial charge in [0.25, 0.3) is 0 Å². The Bertz CT molecular complexity index is 554. The highest BCUT2D eigenvalue weighted by Gasteiger charge is 2.76. The van der Waals surface area contributed by atoms with E-state index < -0.39 is 54.3 Å². The second-order valence-electron chi connectivity index (χ2n) is 6.32. The summed E-state index contributed by atoms with van der Waals surface area (Å²) in [6.45, 7) is -0.809. The fourth-order valence-corrected chi connectivity index (χ4v) is 2.27. The summed E-state index contributed by atoms with van der Waals surface area (Å²) in [5.74, 6) is -8.76.